The summed E-state index contributed by atoms with van der Waals surface area (Å²) in [4.78, 5) is 17.4. The Bertz CT molecular complexity index is 2370. The minimum atomic E-state index is -4.60. The zero-order valence-corrected chi connectivity index (χ0v) is 28.2. The number of nitrogens with one attached hydrogen (secondary N) is 2. The van der Waals surface area contributed by atoms with Gasteiger partial charge in [-0.15, -0.1) is 0 Å². The Morgan fingerprint density at radius 1 is 0.673 bits per heavy atom. The van der Waals surface area contributed by atoms with Gasteiger partial charge in [-0.2, -0.15) is 31.8 Å². The topological polar surface area (TPSA) is 252 Å². The normalized spacial score (nSPS) is 12.0. The van der Waals surface area contributed by atoms with Crippen LogP contribution in [0.1, 0.15) is 6.42 Å². The molecule has 49 heavy (non-hydrogen) atoms. The number of hydrogen-bond donors (Lipinski definition) is 4. The molecule has 0 saturated heterocycles. The molecule has 0 spiro atoms. The average molecular weight is 749 g/mol. The maximum Gasteiger partial charge on any atom is 0.294 e. The molecule has 0 radical (unpaired) electrons. The summed E-state index contributed by atoms with van der Waals surface area (Å²) in [6.45, 7) is 14.3. The first kappa shape index (κ1) is 36.6. The fourth-order valence-electron chi connectivity index (χ4n) is 4.04. The summed E-state index contributed by atoms with van der Waals surface area (Å²) in [7, 11) is -16.5. The molecule has 4 aromatic rings. The Morgan fingerprint density at radius 3 is 1.65 bits per heavy atom. The average Bonchev–Trinajstić information content (AvgIpc) is 3.03. The van der Waals surface area contributed by atoms with Crippen LogP contribution in [0.15, 0.2) is 81.4 Å². The minimum Gasteiger partial charge on any atom is -0.324 e. The van der Waals surface area contributed by atoms with Crippen LogP contribution >= 0.6 is 0 Å². The number of nitrogens with zero attached hydrogens (tertiary/aromatic N) is 6. The highest BCUT2D eigenvalue weighted by Gasteiger charge is 2.25. The van der Waals surface area contributed by atoms with Gasteiger partial charge < -0.3 is 10.6 Å². The monoisotopic (exact) mass is 748 g/mol. The maximum atomic E-state index is 13.3. The smallest absolute Gasteiger partial charge is 0.294 e. The Kier molecular flexibility index (Phi) is 10.5. The maximum absolute atomic E-state index is 13.3. The molecule has 0 atom stereocenters. The highest BCUT2D eigenvalue weighted by atomic mass is 32.2. The van der Waals surface area contributed by atoms with Crippen molar-refractivity contribution in [2.24, 2.45) is 0 Å². The van der Waals surface area contributed by atoms with E-state index in [-0.39, 0.29) is 46.0 Å². The van der Waals surface area contributed by atoms with E-state index in [1.165, 1.54) is 30.3 Å². The SMILES string of the molecule is [C-]#[N+]c1ccc(S(=O)(=O)CCCS(=O)(=O)N(C)c2nc(Nc3cccc(S(=O)(=O)O)c3)nc(Nc3cccc(S(=O)(=O)O)c3)n2)cc1[N+]#[C-]. The van der Waals surface area contributed by atoms with Gasteiger partial charge in [0, 0.05) is 18.4 Å². The van der Waals surface area contributed by atoms with Gasteiger partial charge in [0.05, 0.1) is 39.3 Å². The highest BCUT2D eigenvalue weighted by Crippen LogP contribution is 2.31. The molecule has 0 amide bonds. The van der Waals surface area contributed by atoms with Gasteiger partial charge in [-0.3, -0.25) is 18.8 Å². The highest BCUT2D eigenvalue weighted by molar-refractivity contribution is 7.93. The van der Waals surface area contributed by atoms with Crippen LogP contribution < -0.4 is 14.9 Å². The van der Waals surface area contributed by atoms with E-state index in [9.17, 15) is 42.8 Å². The Labute approximate surface area is 281 Å². The van der Waals surface area contributed by atoms with Gasteiger partial charge in [0.25, 0.3) is 20.2 Å². The van der Waals surface area contributed by atoms with E-state index < -0.39 is 67.3 Å². The lowest BCUT2D eigenvalue weighted by Gasteiger charge is -2.19. The summed E-state index contributed by atoms with van der Waals surface area (Å²) in [5.41, 5.74) is -0.0988. The number of hydrogen-bond acceptors (Lipinski definition) is 13. The van der Waals surface area contributed by atoms with E-state index in [4.69, 9.17) is 13.1 Å². The predicted octanol–water partition coefficient (Wildman–Crippen LogP) is 3.58. The largest absolute Gasteiger partial charge is 0.324 e. The lowest BCUT2D eigenvalue weighted by molar-refractivity contribution is 0.481. The van der Waals surface area contributed by atoms with E-state index in [1.807, 2.05) is 0 Å². The number of benzene rings is 3. The third-order valence-corrected chi connectivity index (χ3v) is 11.8. The zero-order valence-electron chi connectivity index (χ0n) is 24.9. The first-order chi connectivity index (χ1) is 22.8. The van der Waals surface area contributed by atoms with Crippen molar-refractivity contribution in [1.82, 2.24) is 15.0 Å². The second-order valence-electron chi connectivity index (χ2n) is 9.87. The molecule has 256 valence electrons. The first-order valence-corrected chi connectivity index (χ1v) is 19.5. The lowest BCUT2D eigenvalue weighted by Crippen LogP contribution is -2.31. The summed E-state index contributed by atoms with van der Waals surface area (Å²) < 4.78 is 118. The van der Waals surface area contributed by atoms with Crippen LogP contribution in [0.25, 0.3) is 9.69 Å². The van der Waals surface area contributed by atoms with Crippen molar-refractivity contribution in [3.8, 4) is 0 Å². The standard InChI is InChI=1S/C27H24N8O10S4/c1-28-23-12-11-20(17-24(23)29-2)46(36,37)13-6-14-47(38,39)35(3)27-33-25(30-18-7-4-9-21(15-18)48(40,41)42)32-26(34-27)31-19-8-5-10-22(16-19)49(43,44)45/h4-5,7-12,15-17H,6,13-14H2,3H3,(H,40,41,42)(H,43,44,45)(H2,30,31,32,33,34). The number of rotatable bonds is 13. The number of anilines is 5. The van der Waals surface area contributed by atoms with Crippen LogP contribution in [-0.2, 0) is 40.1 Å². The van der Waals surface area contributed by atoms with Gasteiger partial charge in [-0.05, 0) is 48.9 Å². The van der Waals surface area contributed by atoms with Gasteiger partial charge in [0.15, 0.2) is 21.2 Å². The second kappa shape index (κ2) is 14.1. The molecular weight excluding hydrogens is 725 g/mol. The lowest BCUT2D eigenvalue weighted by atomic mass is 10.3. The van der Waals surface area contributed by atoms with Crippen molar-refractivity contribution < 1.29 is 42.8 Å². The summed E-state index contributed by atoms with van der Waals surface area (Å²) in [6, 6.07) is 13.0. The third-order valence-electron chi connectivity index (χ3n) is 6.46. The third kappa shape index (κ3) is 9.23. The molecule has 0 aliphatic rings. The molecule has 0 aliphatic heterocycles. The molecule has 0 saturated carbocycles. The van der Waals surface area contributed by atoms with Crippen LogP contribution in [0.3, 0.4) is 0 Å². The number of aromatic nitrogens is 3. The quantitative estimate of drug-likeness (QED) is 0.113. The molecule has 0 aliphatic carbocycles. The number of sulfonamides is 1. The fraction of sp³-hybridized carbons (Fsp3) is 0.148. The minimum absolute atomic E-state index is 0.0320. The number of sulfone groups is 1. The Balaban J connectivity index is 1.64. The molecule has 1 aromatic heterocycles. The molecular formula is C27H24N8O10S4. The van der Waals surface area contributed by atoms with E-state index >= 15 is 0 Å². The van der Waals surface area contributed by atoms with E-state index in [1.54, 1.807) is 0 Å². The van der Waals surface area contributed by atoms with Gasteiger partial charge in [-0.25, -0.2) is 21.1 Å². The molecule has 4 N–H and O–H groups in total. The van der Waals surface area contributed by atoms with E-state index in [2.05, 4.69) is 35.3 Å². The summed E-state index contributed by atoms with van der Waals surface area (Å²) in [5.74, 6) is -2.51. The molecule has 18 nitrogen and oxygen atoms in total. The van der Waals surface area contributed by atoms with Crippen molar-refractivity contribution in [3.63, 3.8) is 0 Å². The molecule has 0 unspecified atom stereocenters. The van der Waals surface area contributed by atoms with Crippen molar-refractivity contribution in [3.05, 3.63) is 89.6 Å². The summed E-state index contributed by atoms with van der Waals surface area (Å²) in [5, 5.41) is 5.34. The summed E-state index contributed by atoms with van der Waals surface area (Å²) >= 11 is 0. The molecule has 0 fully saturated rings. The van der Waals surface area contributed by atoms with Crippen molar-refractivity contribution in [1.29, 1.82) is 0 Å². The van der Waals surface area contributed by atoms with Crippen LogP contribution in [0.5, 0.6) is 0 Å². The summed E-state index contributed by atoms with van der Waals surface area (Å²) in [6.07, 6.45) is -0.390. The van der Waals surface area contributed by atoms with E-state index in [0.29, 0.717) is 4.31 Å². The van der Waals surface area contributed by atoms with E-state index in [0.717, 1.165) is 43.4 Å². The molecule has 4 rings (SSSR count). The predicted molar refractivity (Wildman–Crippen MR) is 177 cm³/mol. The van der Waals surface area contributed by atoms with Gasteiger partial charge >= 0.3 is 0 Å². The first-order valence-electron chi connectivity index (χ1n) is 13.4. The zero-order chi connectivity index (χ0) is 36.2. The van der Waals surface area contributed by atoms with Crippen LogP contribution in [0, 0.1) is 13.1 Å². The van der Waals surface area contributed by atoms with Crippen LogP contribution in [0.4, 0.5) is 40.6 Å². The Morgan fingerprint density at radius 2 is 1.18 bits per heavy atom. The van der Waals surface area contributed by atoms with Gasteiger partial charge in [0.2, 0.25) is 27.9 Å². The molecule has 1 heterocycles. The van der Waals surface area contributed by atoms with Gasteiger partial charge in [-0.1, -0.05) is 24.3 Å². The molecule has 22 heteroatoms. The Hall–Kier alpha value is -5.23. The molecule has 3 aromatic carbocycles. The van der Waals surface area contributed by atoms with Crippen molar-refractivity contribution in [2.75, 3.05) is 33.5 Å². The molecule has 0 bridgehead atoms. The van der Waals surface area contributed by atoms with Crippen molar-refractivity contribution >= 4 is 80.7 Å². The van der Waals surface area contributed by atoms with Gasteiger partial charge in [0.1, 0.15) is 0 Å². The second-order valence-corrected chi connectivity index (χ2v) is 16.9. The fourth-order valence-corrected chi connectivity index (χ4v) is 7.71. The van der Waals surface area contributed by atoms with Crippen molar-refractivity contribution in [2.45, 2.75) is 21.1 Å². The van der Waals surface area contributed by atoms with Crippen LogP contribution in [0.2, 0.25) is 0 Å². The van der Waals surface area contributed by atoms with Crippen LogP contribution in [-0.4, -0.2) is 76.3 Å².